The van der Waals surface area contributed by atoms with Gasteiger partial charge in [0.15, 0.2) is 5.78 Å². The third kappa shape index (κ3) is 4.93. The van der Waals surface area contributed by atoms with Crippen molar-refractivity contribution in [1.82, 2.24) is 0 Å². The normalized spacial score (nSPS) is 10.7. The van der Waals surface area contributed by atoms with Crippen LogP contribution >= 0.6 is 30.9 Å². The summed E-state index contributed by atoms with van der Waals surface area (Å²) >= 11 is 5.81. The minimum Gasteiger partial charge on any atom is -0.295 e. The smallest absolute Gasteiger partial charge is 0.156 e. The molecule has 0 aliphatic rings. The molecule has 0 unspecified atom stereocenters. The number of hydrogen-bond donors (Lipinski definition) is 0. The zero-order chi connectivity index (χ0) is 18.2. The van der Waals surface area contributed by atoms with Gasteiger partial charge in [-0.05, 0) is 35.0 Å². The van der Waals surface area contributed by atoms with Crippen LogP contribution in [0.3, 0.4) is 0 Å². The number of alkyl halides is 1. The monoisotopic (exact) mass is 416 g/mol. The lowest BCUT2D eigenvalue weighted by molar-refractivity contribution is -0.112. The molecule has 0 aromatic heterocycles. The van der Waals surface area contributed by atoms with E-state index in [1.807, 2.05) is 60.4 Å². The van der Waals surface area contributed by atoms with E-state index in [0.717, 1.165) is 0 Å². The Hall–Kier alpha value is -1.79. The van der Waals surface area contributed by atoms with Gasteiger partial charge in [-0.25, -0.2) is 0 Å². The van der Waals surface area contributed by atoms with Crippen molar-refractivity contribution >= 4 is 58.4 Å². The molecular weight excluding hydrogens is 394 g/mol. The van der Waals surface area contributed by atoms with Gasteiger partial charge in [-0.1, -0.05) is 91.0 Å². The third-order valence-electron chi connectivity index (χ3n) is 4.38. The summed E-state index contributed by atoms with van der Waals surface area (Å²) in [6, 6.07) is 31.2. The van der Waals surface area contributed by atoms with Crippen LogP contribution in [0.5, 0.6) is 0 Å². The standard InChI is InChI=1S/C23H22ClOP.ClH/c24-18-10-11-20(25)19-26(21-12-4-1-5-13-21,22-14-6-2-7-15-22)23-16-8-3-9-17-23;/h1-9,12-17,19H,10-11,18H2;1H. The summed E-state index contributed by atoms with van der Waals surface area (Å²) in [6.45, 7) is -2.17. The third-order valence-corrected chi connectivity index (χ3v) is 8.67. The summed E-state index contributed by atoms with van der Waals surface area (Å²) in [5, 5.41) is 3.57. The highest BCUT2D eigenvalue weighted by Crippen LogP contribution is 2.43. The topological polar surface area (TPSA) is 17.1 Å². The fourth-order valence-electron chi connectivity index (χ4n) is 3.18. The highest BCUT2D eigenvalue weighted by Gasteiger charge is 2.25. The number of Topliss-reactive ketones (excluding diaryl/α,β-unsaturated/α-hetero) is 1. The zero-order valence-corrected chi connectivity index (χ0v) is 17.5. The maximum absolute atomic E-state index is 12.9. The molecule has 0 atom stereocenters. The largest absolute Gasteiger partial charge is 0.295 e. The van der Waals surface area contributed by atoms with Crippen LogP contribution in [-0.4, -0.2) is 17.5 Å². The van der Waals surface area contributed by atoms with Crippen LogP contribution in [0.4, 0.5) is 0 Å². The first-order valence-corrected chi connectivity index (χ1v) is 11.2. The zero-order valence-electron chi connectivity index (χ0n) is 15.0. The van der Waals surface area contributed by atoms with Gasteiger partial charge in [-0.15, -0.1) is 24.0 Å². The van der Waals surface area contributed by atoms with E-state index < -0.39 is 6.89 Å². The summed E-state index contributed by atoms with van der Waals surface area (Å²) in [4.78, 5) is 12.9. The molecule has 140 valence electrons. The molecule has 0 fully saturated rings. The van der Waals surface area contributed by atoms with E-state index in [1.165, 1.54) is 15.9 Å². The number of rotatable bonds is 7. The minimum absolute atomic E-state index is 0. The van der Waals surface area contributed by atoms with Gasteiger partial charge >= 0.3 is 0 Å². The van der Waals surface area contributed by atoms with E-state index in [0.29, 0.717) is 18.7 Å². The van der Waals surface area contributed by atoms with E-state index in [4.69, 9.17) is 11.6 Å². The first-order chi connectivity index (χ1) is 12.8. The van der Waals surface area contributed by atoms with Crippen molar-refractivity contribution < 1.29 is 4.79 Å². The van der Waals surface area contributed by atoms with Crippen LogP contribution in [0.25, 0.3) is 0 Å². The van der Waals surface area contributed by atoms with Gasteiger partial charge in [-0.2, -0.15) is 0 Å². The fraction of sp³-hybridized carbons (Fsp3) is 0.130. The van der Waals surface area contributed by atoms with E-state index in [1.54, 1.807) is 0 Å². The lowest BCUT2D eigenvalue weighted by atomic mass is 10.3. The number of carbonyl (C=O) groups excluding carboxylic acids is 1. The molecule has 0 bridgehead atoms. The van der Waals surface area contributed by atoms with Gasteiger partial charge in [0.2, 0.25) is 0 Å². The Labute approximate surface area is 172 Å². The average Bonchev–Trinajstić information content (AvgIpc) is 2.72. The second kappa shape index (κ2) is 10.5. The van der Waals surface area contributed by atoms with Crippen LogP contribution < -0.4 is 15.9 Å². The molecule has 1 nitrogen and oxygen atoms in total. The van der Waals surface area contributed by atoms with Gasteiger partial charge < -0.3 is 0 Å². The summed E-state index contributed by atoms with van der Waals surface area (Å²) in [6.07, 6.45) is 1.19. The molecule has 0 saturated heterocycles. The van der Waals surface area contributed by atoms with Crippen LogP contribution in [0.15, 0.2) is 91.0 Å². The molecule has 3 rings (SSSR count). The summed E-state index contributed by atoms with van der Waals surface area (Å²) in [5.74, 6) is 2.66. The molecule has 4 heteroatoms. The van der Waals surface area contributed by atoms with Crippen LogP contribution in [-0.2, 0) is 4.79 Å². The first-order valence-electron chi connectivity index (χ1n) is 8.77. The average molecular weight is 417 g/mol. The number of halogens is 2. The van der Waals surface area contributed by atoms with E-state index in [9.17, 15) is 4.79 Å². The van der Waals surface area contributed by atoms with Crippen molar-refractivity contribution in [3.05, 3.63) is 91.0 Å². The van der Waals surface area contributed by atoms with Gasteiger partial charge in [0.1, 0.15) is 0 Å². The number of hydrogen-bond acceptors (Lipinski definition) is 1. The molecule has 0 N–H and O–H groups in total. The predicted molar refractivity (Wildman–Crippen MR) is 123 cm³/mol. The van der Waals surface area contributed by atoms with Crippen molar-refractivity contribution in [1.29, 1.82) is 0 Å². The van der Waals surface area contributed by atoms with Crippen LogP contribution in [0.1, 0.15) is 12.8 Å². The minimum atomic E-state index is -2.17. The summed E-state index contributed by atoms with van der Waals surface area (Å²) in [5.41, 5.74) is 0. The fourth-order valence-corrected chi connectivity index (χ4v) is 7.15. The van der Waals surface area contributed by atoms with Crippen molar-refractivity contribution in [3.63, 3.8) is 0 Å². The molecule has 3 aromatic carbocycles. The van der Waals surface area contributed by atoms with Gasteiger partial charge in [-0.3, -0.25) is 4.79 Å². The molecule has 0 radical (unpaired) electrons. The Bertz CT molecular complexity index is 790. The van der Waals surface area contributed by atoms with Gasteiger partial charge in [0.25, 0.3) is 0 Å². The Morgan fingerprint density at radius 2 is 1.11 bits per heavy atom. The first kappa shape index (κ1) is 21.5. The summed E-state index contributed by atoms with van der Waals surface area (Å²) in [7, 11) is 0. The van der Waals surface area contributed by atoms with E-state index in [2.05, 4.69) is 36.4 Å². The van der Waals surface area contributed by atoms with Gasteiger partial charge in [0, 0.05) is 12.3 Å². The molecule has 0 amide bonds. The Morgan fingerprint density at radius 3 is 1.44 bits per heavy atom. The molecule has 0 saturated carbocycles. The van der Waals surface area contributed by atoms with E-state index in [-0.39, 0.29) is 18.2 Å². The van der Waals surface area contributed by atoms with Crippen molar-refractivity contribution in [2.24, 2.45) is 0 Å². The molecule has 3 aromatic rings. The van der Waals surface area contributed by atoms with Crippen molar-refractivity contribution in [2.75, 3.05) is 5.88 Å². The SMILES string of the molecule is Cl.O=C(C=P(c1ccccc1)(c1ccccc1)c1ccccc1)CCCCl. The Balaban J connectivity index is 0.00000261. The number of ketones is 1. The molecule has 0 spiro atoms. The van der Waals surface area contributed by atoms with Crippen molar-refractivity contribution in [3.8, 4) is 0 Å². The number of benzene rings is 3. The Morgan fingerprint density at radius 1 is 0.741 bits per heavy atom. The molecule has 27 heavy (non-hydrogen) atoms. The number of carbonyl (C=O) groups is 1. The lowest BCUT2D eigenvalue weighted by Crippen LogP contribution is -2.28. The molecule has 0 aliphatic carbocycles. The second-order valence-electron chi connectivity index (χ2n) is 6.12. The lowest BCUT2D eigenvalue weighted by Gasteiger charge is -2.28. The van der Waals surface area contributed by atoms with Crippen molar-refractivity contribution in [2.45, 2.75) is 12.8 Å². The van der Waals surface area contributed by atoms with Gasteiger partial charge in [0.05, 0.1) is 0 Å². The maximum atomic E-state index is 12.9. The van der Waals surface area contributed by atoms with Crippen LogP contribution in [0.2, 0.25) is 0 Å². The maximum Gasteiger partial charge on any atom is 0.156 e. The predicted octanol–water partition coefficient (Wildman–Crippen LogP) is 4.79. The molecule has 0 heterocycles. The Kier molecular flexibility index (Phi) is 8.38. The summed E-state index contributed by atoms with van der Waals surface area (Å²) < 4.78 is 0. The molecule has 0 aliphatic heterocycles. The highest BCUT2D eigenvalue weighted by molar-refractivity contribution is 7.95. The van der Waals surface area contributed by atoms with E-state index >= 15 is 0 Å². The quantitative estimate of drug-likeness (QED) is 0.399. The second-order valence-corrected chi connectivity index (χ2v) is 9.75. The molecular formula is C23H23Cl2OP. The van der Waals surface area contributed by atoms with Crippen LogP contribution in [0, 0.1) is 0 Å². The highest BCUT2D eigenvalue weighted by atomic mass is 35.5.